The van der Waals surface area contributed by atoms with Crippen molar-refractivity contribution in [1.29, 1.82) is 0 Å². The van der Waals surface area contributed by atoms with E-state index in [4.69, 9.17) is 0 Å². The van der Waals surface area contributed by atoms with Crippen molar-refractivity contribution in [2.75, 3.05) is 32.0 Å². The van der Waals surface area contributed by atoms with Crippen LogP contribution in [0, 0.1) is 5.41 Å². The van der Waals surface area contributed by atoms with Crippen LogP contribution in [0.25, 0.3) is 0 Å². The van der Waals surface area contributed by atoms with Gasteiger partial charge in [-0.2, -0.15) is 0 Å². The maximum Gasteiger partial charge on any atom is 0.129 e. The third-order valence-corrected chi connectivity index (χ3v) is 3.98. The van der Waals surface area contributed by atoms with Crippen LogP contribution >= 0.6 is 0 Å². The van der Waals surface area contributed by atoms with E-state index < -0.39 is 0 Å². The second-order valence-electron chi connectivity index (χ2n) is 5.72. The predicted octanol–water partition coefficient (Wildman–Crippen LogP) is 2.18. The fourth-order valence-electron chi connectivity index (χ4n) is 2.33. The van der Waals surface area contributed by atoms with E-state index in [9.17, 15) is 0 Å². The van der Waals surface area contributed by atoms with E-state index in [1.807, 2.05) is 0 Å². The fourth-order valence-corrected chi connectivity index (χ4v) is 2.33. The summed E-state index contributed by atoms with van der Waals surface area (Å²) < 4.78 is 0. The van der Waals surface area contributed by atoms with Crippen LogP contribution in [-0.2, 0) is 6.42 Å². The number of nitrogens with one attached hydrogen (secondary N) is 1. The lowest BCUT2D eigenvalue weighted by Gasteiger charge is -2.38. The molecule has 1 aromatic heterocycles. The van der Waals surface area contributed by atoms with Gasteiger partial charge in [-0.25, -0.2) is 9.97 Å². The van der Waals surface area contributed by atoms with Gasteiger partial charge in [-0.05, 0) is 44.8 Å². The Morgan fingerprint density at radius 3 is 2.72 bits per heavy atom. The Kier molecular flexibility index (Phi) is 4.17. The summed E-state index contributed by atoms with van der Waals surface area (Å²) in [6.45, 7) is 7.88. The van der Waals surface area contributed by atoms with Gasteiger partial charge in [0, 0.05) is 18.3 Å². The highest BCUT2D eigenvalue weighted by Gasteiger charge is 2.28. The zero-order chi connectivity index (χ0) is 13.0. The summed E-state index contributed by atoms with van der Waals surface area (Å²) in [6.07, 6.45) is 5.11. The summed E-state index contributed by atoms with van der Waals surface area (Å²) in [4.78, 5) is 10.9. The standard InChI is InChI=1S/C14H24N4/c1-4-12-9-13(17-11-16-12)15-10-14(2)5-7-18(3)8-6-14/h9,11H,4-8,10H2,1-3H3,(H,15,16,17). The first-order valence-corrected chi connectivity index (χ1v) is 6.85. The zero-order valence-electron chi connectivity index (χ0n) is 11.7. The highest BCUT2D eigenvalue weighted by molar-refractivity contribution is 5.35. The second-order valence-corrected chi connectivity index (χ2v) is 5.72. The molecular formula is C14H24N4. The Hall–Kier alpha value is -1.16. The number of hydrogen-bond donors (Lipinski definition) is 1. The van der Waals surface area contributed by atoms with Gasteiger partial charge in [0.25, 0.3) is 0 Å². The molecule has 0 radical (unpaired) electrons. The van der Waals surface area contributed by atoms with Crippen LogP contribution in [0.5, 0.6) is 0 Å². The summed E-state index contributed by atoms with van der Waals surface area (Å²) >= 11 is 0. The monoisotopic (exact) mass is 248 g/mol. The minimum Gasteiger partial charge on any atom is -0.369 e. The molecule has 1 aliphatic rings. The number of likely N-dealkylation sites (tertiary alicyclic amines) is 1. The smallest absolute Gasteiger partial charge is 0.129 e. The molecule has 4 heteroatoms. The van der Waals surface area contributed by atoms with E-state index in [1.165, 1.54) is 25.9 Å². The number of nitrogens with zero attached hydrogens (tertiary/aromatic N) is 3. The molecule has 1 aliphatic heterocycles. The molecule has 2 rings (SSSR count). The van der Waals surface area contributed by atoms with Crippen LogP contribution < -0.4 is 5.32 Å². The SMILES string of the molecule is CCc1cc(NCC2(C)CCN(C)CC2)ncn1. The number of rotatable bonds is 4. The van der Waals surface area contributed by atoms with Crippen molar-refractivity contribution in [3.63, 3.8) is 0 Å². The van der Waals surface area contributed by atoms with Crippen LogP contribution in [0.15, 0.2) is 12.4 Å². The average molecular weight is 248 g/mol. The maximum absolute atomic E-state index is 4.29. The van der Waals surface area contributed by atoms with Gasteiger partial charge in [-0.1, -0.05) is 13.8 Å². The van der Waals surface area contributed by atoms with Crippen molar-refractivity contribution in [2.45, 2.75) is 33.1 Å². The summed E-state index contributed by atoms with van der Waals surface area (Å²) in [6, 6.07) is 2.05. The first-order valence-electron chi connectivity index (χ1n) is 6.85. The number of anilines is 1. The highest BCUT2D eigenvalue weighted by atomic mass is 15.1. The van der Waals surface area contributed by atoms with E-state index in [2.05, 4.69) is 47.1 Å². The van der Waals surface area contributed by atoms with Crippen molar-refractivity contribution in [2.24, 2.45) is 5.41 Å². The maximum atomic E-state index is 4.29. The van der Waals surface area contributed by atoms with Gasteiger partial charge in [0.05, 0.1) is 0 Å². The molecule has 1 aromatic rings. The van der Waals surface area contributed by atoms with Gasteiger partial charge in [0.15, 0.2) is 0 Å². The minimum atomic E-state index is 0.393. The van der Waals surface area contributed by atoms with Gasteiger partial charge < -0.3 is 10.2 Å². The first kappa shape index (κ1) is 13.3. The Morgan fingerprint density at radius 1 is 1.33 bits per heavy atom. The molecule has 1 fully saturated rings. The van der Waals surface area contributed by atoms with Crippen molar-refractivity contribution in [3.05, 3.63) is 18.1 Å². The Morgan fingerprint density at radius 2 is 2.06 bits per heavy atom. The molecule has 0 aliphatic carbocycles. The van der Waals surface area contributed by atoms with Crippen molar-refractivity contribution >= 4 is 5.82 Å². The summed E-state index contributed by atoms with van der Waals surface area (Å²) in [5.41, 5.74) is 1.49. The Labute approximate surface area is 110 Å². The van der Waals surface area contributed by atoms with Crippen molar-refractivity contribution in [3.8, 4) is 0 Å². The minimum absolute atomic E-state index is 0.393. The molecule has 4 nitrogen and oxygen atoms in total. The Bertz CT molecular complexity index is 383. The molecule has 0 aromatic carbocycles. The summed E-state index contributed by atoms with van der Waals surface area (Å²) in [5, 5.41) is 3.47. The molecule has 0 bridgehead atoms. The first-order chi connectivity index (χ1) is 8.61. The molecular weight excluding hydrogens is 224 g/mol. The number of hydrogen-bond acceptors (Lipinski definition) is 4. The Balaban J connectivity index is 1.90. The van der Waals surface area contributed by atoms with Gasteiger partial charge in [0.2, 0.25) is 0 Å². The van der Waals surface area contributed by atoms with Gasteiger partial charge in [-0.3, -0.25) is 0 Å². The van der Waals surface area contributed by atoms with E-state index in [0.29, 0.717) is 5.41 Å². The van der Waals surface area contributed by atoms with E-state index >= 15 is 0 Å². The third kappa shape index (κ3) is 3.42. The average Bonchev–Trinajstić information content (AvgIpc) is 2.41. The van der Waals surface area contributed by atoms with E-state index in [0.717, 1.165) is 24.5 Å². The molecule has 0 spiro atoms. The number of aryl methyl sites for hydroxylation is 1. The molecule has 0 unspecified atom stereocenters. The van der Waals surface area contributed by atoms with E-state index in [1.54, 1.807) is 6.33 Å². The molecule has 1 N–H and O–H groups in total. The lowest BCUT2D eigenvalue weighted by Crippen LogP contribution is -2.40. The second kappa shape index (κ2) is 5.65. The molecule has 100 valence electrons. The predicted molar refractivity (Wildman–Crippen MR) is 74.7 cm³/mol. The normalized spacial score (nSPS) is 19.7. The molecule has 18 heavy (non-hydrogen) atoms. The van der Waals surface area contributed by atoms with Crippen LogP contribution in [0.4, 0.5) is 5.82 Å². The van der Waals surface area contributed by atoms with Crippen LogP contribution in [-0.4, -0.2) is 41.5 Å². The lowest BCUT2D eigenvalue weighted by atomic mass is 9.80. The number of piperidine rings is 1. The molecule has 0 saturated carbocycles. The fraction of sp³-hybridized carbons (Fsp3) is 0.714. The van der Waals surface area contributed by atoms with Crippen LogP contribution in [0.1, 0.15) is 32.4 Å². The molecule has 2 heterocycles. The number of aromatic nitrogens is 2. The van der Waals surface area contributed by atoms with Gasteiger partial charge in [-0.15, -0.1) is 0 Å². The zero-order valence-corrected chi connectivity index (χ0v) is 11.7. The quantitative estimate of drug-likeness (QED) is 0.886. The van der Waals surface area contributed by atoms with E-state index in [-0.39, 0.29) is 0 Å². The van der Waals surface area contributed by atoms with Crippen molar-refractivity contribution < 1.29 is 0 Å². The van der Waals surface area contributed by atoms with Crippen LogP contribution in [0.2, 0.25) is 0 Å². The highest BCUT2D eigenvalue weighted by Crippen LogP contribution is 2.30. The van der Waals surface area contributed by atoms with Crippen LogP contribution in [0.3, 0.4) is 0 Å². The largest absolute Gasteiger partial charge is 0.369 e. The summed E-state index contributed by atoms with van der Waals surface area (Å²) in [5.74, 6) is 0.960. The summed E-state index contributed by atoms with van der Waals surface area (Å²) in [7, 11) is 2.20. The molecule has 0 amide bonds. The van der Waals surface area contributed by atoms with Gasteiger partial charge in [0.1, 0.15) is 12.1 Å². The van der Waals surface area contributed by atoms with Gasteiger partial charge >= 0.3 is 0 Å². The van der Waals surface area contributed by atoms with Crippen molar-refractivity contribution in [1.82, 2.24) is 14.9 Å². The third-order valence-electron chi connectivity index (χ3n) is 3.98. The molecule has 0 atom stereocenters. The lowest BCUT2D eigenvalue weighted by molar-refractivity contribution is 0.150. The topological polar surface area (TPSA) is 41.0 Å². The molecule has 1 saturated heterocycles.